The number of alkyl halides is 3. The summed E-state index contributed by atoms with van der Waals surface area (Å²) in [4.78, 5) is 4.06. The molecule has 0 saturated heterocycles. The van der Waals surface area contributed by atoms with Crippen molar-refractivity contribution >= 4 is 21.6 Å². The van der Waals surface area contributed by atoms with E-state index in [1.54, 1.807) is 18.3 Å². The van der Waals surface area contributed by atoms with Gasteiger partial charge in [-0.05, 0) is 34.5 Å². The average Bonchev–Trinajstić information content (AvgIpc) is 2.64. The number of halogens is 4. The van der Waals surface area contributed by atoms with E-state index in [1.807, 2.05) is 0 Å². The summed E-state index contributed by atoms with van der Waals surface area (Å²) in [5.74, 6) is 0.415. The van der Waals surface area contributed by atoms with Gasteiger partial charge in [-0.2, -0.15) is 18.2 Å². The Morgan fingerprint density at radius 2 is 2.17 bits per heavy atom. The van der Waals surface area contributed by atoms with E-state index in [0.717, 1.165) is 0 Å². The first-order valence-electron chi connectivity index (χ1n) is 5.16. The number of ether oxygens (including phenoxy) is 1. The van der Waals surface area contributed by atoms with E-state index in [4.69, 9.17) is 4.74 Å². The topological polar surface area (TPSA) is 39.4 Å². The van der Waals surface area contributed by atoms with Gasteiger partial charge in [-0.3, -0.25) is 0 Å². The molecule has 0 unspecified atom stereocenters. The molecule has 0 aromatic carbocycles. The lowest BCUT2D eigenvalue weighted by molar-refractivity contribution is -0.136. The van der Waals surface area contributed by atoms with Crippen molar-refractivity contribution in [2.45, 2.75) is 19.0 Å². The number of hydrogen-bond acceptors (Lipinski definition) is 3. The molecular formula is C10H9BrF3N3O. The van der Waals surface area contributed by atoms with Crippen LogP contribution >= 0.6 is 15.9 Å². The van der Waals surface area contributed by atoms with Crippen molar-refractivity contribution in [2.24, 2.45) is 0 Å². The summed E-state index contributed by atoms with van der Waals surface area (Å²) >= 11 is 3.12. The zero-order valence-corrected chi connectivity index (χ0v) is 10.7. The molecule has 0 aliphatic rings. The van der Waals surface area contributed by atoms with Crippen LogP contribution in [0.4, 0.5) is 13.2 Å². The minimum atomic E-state index is -4.15. The highest BCUT2D eigenvalue weighted by Gasteiger charge is 2.26. The molecule has 0 N–H and O–H groups in total. The van der Waals surface area contributed by atoms with Gasteiger partial charge < -0.3 is 4.74 Å². The molecule has 2 heterocycles. The molecule has 8 heteroatoms. The van der Waals surface area contributed by atoms with Gasteiger partial charge in [-0.25, -0.2) is 4.52 Å². The smallest absolute Gasteiger partial charge is 0.389 e. The third-order valence-electron chi connectivity index (χ3n) is 2.16. The molecule has 0 saturated carbocycles. The van der Waals surface area contributed by atoms with Gasteiger partial charge in [0.2, 0.25) is 4.73 Å². The average molecular weight is 324 g/mol. The fourth-order valence-corrected chi connectivity index (χ4v) is 1.76. The van der Waals surface area contributed by atoms with Crippen molar-refractivity contribution < 1.29 is 17.9 Å². The first-order chi connectivity index (χ1) is 8.46. The second-order valence-corrected chi connectivity index (χ2v) is 4.30. The molecule has 0 spiro atoms. The number of aromatic nitrogens is 3. The molecule has 0 aliphatic carbocycles. The van der Waals surface area contributed by atoms with E-state index in [-0.39, 0.29) is 13.0 Å². The summed E-state index contributed by atoms with van der Waals surface area (Å²) < 4.78 is 43.0. The van der Waals surface area contributed by atoms with E-state index >= 15 is 0 Å². The second-order valence-electron chi connectivity index (χ2n) is 3.59. The number of nitrogens with zero attached hydrogens (tertiary/aromatic N) is 3. The Morgan fingerprint density at radius 1 is 1.39 bits per heavy atom. The highest BCUT2D eigenvalue weighted by atomic mass is 79.9. The van der Waals surface area contributed by atoms with Gasteiger partial charge in [-0.1, -0.05) is 0 Å². The van der Waals surface area contributed by atoms with Crippen LogP contribution in [-0.4, -0.2) is 27.4 Å². The van der Waals surface area contributed by atoms with Crippen molar-refractivity contribution in [1.82, 2.24) is 14.6 Å². The largest absolute Gasteiger partial charge is 0.490 e. The highest BCUT2D eigenvalue weighted by Crippen LogP contribution is 2.23. The summed E-state index contributed by atoms with van der Waals surface area (Å²) in [7, 11) is 0. The Hall–Kier alpha value is -1.31. The lowest BCUT2D eigenvalue weighted by atomic mass is 10.3. The Balaban J connectivity index is 1.99. The van der Waals surface area contributed by atoms with E-state index in [0.29, 0.717) is 16.1 Å². The van der Waals surface area contributed by atoms with Crippen LogP contribution in [0, 0.1) is 0 Å². The minimum Gasteiger partial charge on any atom is -0.490 e. The van der Waals surface area contributed by atoms with Crippen LogP contribution in [0.3, 0.4) is 0 Å². The first-order valence-corrected chi connectivity index (χ1v) is 5.95. The first kappa shape index (κ1) is 13.1. The minimum absolute atomic E-state index is 0.0103. The molecule has 0 fully saturated rings. The Bertz CT molecular complexity index is 541. The maximum absolute atomic E-state index is 11.9. The van der Waals surface area contributed by atoms with Crippen LogP contribution in [-0.2, 0) is 0 Å². The number of pyridine rings is 1. The highest BCUT2D eigenvalue weighted by molar-refractivity contribution is 9.10. The molecule has 2 rings (SSSR count). The summed E-state index contributed by atoms with van der Waals surface area (Å²) in [6.45, 7) is -0.0103. The van der Waals surface area contributed by atoms with Crippen molar-refractivity contribution in [3.05, 3.63) is 23.1 Å². The van der Waals surface area contributed by atoms with Crippen LogP contribution < -0.4 is 4.74 Å². The van der Waals surface area contributed by atoms with Gasteiger partial charge in [0, 0.05) is 12.6 Å². The van der Waals surface area contributed by atoms with E-state index in [9.17, 15) is 13.2 Å². The summed E-state index contributed by atoms with van der Waals surface area (Å²) in [6.07, 6.45) is -3.41. The molecule has 0 amide bonds. The van der Waals surface area contributed by atoms with Crippen molar-refractivity contribution in [3.63, 3.8) is 0 Å². The van der Waals surface area contributed by atoms with Crippen LogP contribution in [0.1, 0.15) is 12.8 Å². The summed E-state index contributed by atoms with van der Waals surface area (Å²) in [5, 5.41) is 4.00. The fourth-order valence-electron chi connectivity index (χ4n) is 1.42. The van der Waals surface area contributed by atoms with E-state index < -0.39 is 12.6 Å². The van der Waals surface area contributed by atoms with Crippen LogP contribution in [0.25, 0.3) is 5.65 Å². The van der Waals surface area contributed by atoms with Gasteiger partial charge in [0.05, 0.1) is 6.61 Å². The van der Waals surface area contributed by atoms with E-state index in [2.05, 4.69) is 26.0 Å². The van der Waals surface area contributed by atoms with Crippen molar-refractivity contribution in [3.8, 4) is 5.75 Å². The van der Waals surface area contributed by atoms with Gasteiger partial charge in [0.25, 0.3) is 0 Å². The Morgan fingerprint density at radius 3 is 2.89 bits per heavy atom. The molecule has 0 bridgehead atoms. The molecule has 18 heavy (non-hydrogen) atoms. The second kappa shape index (κ2) is 5.13. The fraction of sp³-hybridized carbons (Fsp3) is 0.400. The van der Waals surface area contributed by atoms with Gasteiger partial charge >= 0.3 is 6.18 Å². The van der Waals surface area contributed by atoms with Crippen LogP contribution in [0.5, 0.6) is 5.75 Å². The molecule has 0 radical (unpaired) electrons. The lowest BCUT2D eigenvalue weighted by Gasteiger charge is -2.08. The lowest BCUT2D eigenvalue weighted by Crippen LogP contribution is -2.10. The number of hydrogen-bond donors (Lipinski definition) is 0. The Labute approximate surface area is 109 Å². The van der Waals surface area contributed by atoms with Crippen molar-refractivity contribution in [2.75, 3.05) is 6.61 Å². The van der Waals surface area contributed by atoms with Crippen molar-refractivity contribution in [1.29, 1.82) is 0 Å². The monoisotopic (exact) mass is 323 g/mol. The predicted molar refractivity (Wildman–Crippen MR) is 61.5 cm³/mol. The molecule has 4 nitrogen and oxygen atoms in total. The summed E-state index contributed by atoms with van der Waals surface area (Å²) in [5.41, 5.74) is 0.469. The molecule has 0 aliphatic heterocycles. The third-order valence-corrected chi connectivity index (χ3v) is 2.50. The standard InChI is InChI=1S/C10H9BrF3N3O/c11-9-15-8-7(3-1-5-17(8)16-9)18-6-2-4-10(12,13)14/h1,3,5H,2,4,6H2. The molecular weight excluding hydrogens is 315 g/mol. The third kappa shape index (κ3) is 3.34. The van der Waals surface area contributed by atoms with E-state index in [1.165, 1.54) is 4.52 Å². The molecule has 2 aromatic heterocycles. The quantitative estimate of drug-likeness (QED) is 0.811. The zero-order chi connectivity index (χ0) is 13.2. The Kier molecular flexibility index (Phi) is 3.74. The number of rotatable bonds is 4. The predicted octanol–water partition coefficient (Wildman–Crippen LogP) is 3.21. The molecule has 2 aromatic rings. The van der Waals surface area contributed by atoms with Gasteiger partial charge in [0.15, 0.2) is 11.4 Å². The zero-order valence-electron chi connectivity index (χ0n) is 9.12. The molecule has 0 atom stereocenters. The summed E-state index contributed by atoms with van der Waals surface area (Å²) in [6, 6.07) is 3.33. The normalized spacial score (nSPS) is 12.0. The SMILES string of the molecule is FC(F)(F)CCCOc1cccn2nc(Br)nc12. The van der Waals surface area contributed by atoms with Crippen LogP contribution in [0.2, 0.25) is 0 Å². The van der Waals surface area contributed by atoms with Gasteiger partial charge in [-0.15, -0.1) is 5.10 Å². The maximum Gasteiger partial charge on any atom is 0.389 e. The maximum atomic E-state index is 11.9. The molecule has 98 valence electrons. The van der Waals surface area contributed by atoms with Crippen LogP contribution in [0.15, 0.2) is 23.1 Å². The number of fused-ring (bicyclic) bond motifs is 1. The van der Waals surface area contributed by atoms with Gasteiger partial charge in [0.1, 0.15) is 0 Å².